The number of nitrogens with zero attached hydrogens (tertiary/aromatic N) is 5. The normalized spacial score (nSPS) is 15.6. The van der Waals surface area contributed by atoms with Gasteiger partial charge in [-0.2, -0.15) is 13.2 Å². The number of alkyl halides is 3. The van der Waals surface area contributed by atoms with Crippen LogP contribution in [-0.2, 0) is 11.0 Å². The molecule has 3 aromatic rings. The van der Waals surface area contributed by atoms with E-state index in [4.69, 9.17) is 4.74 Å². The van der Waals surface area contributed by atoms with Crippen molar-refractivity contribution in [2.24, 2.45) is 5.92 Å². The molecule has 13 heteroatoms. The summed E-state index contributed by atoms with van der Waals surface area (Å²) in [7, 11) is 0. The number of piperidine rings is 1. The molecule has 0 aliphatic carbocycles. The Morgan fingerprint density at radius 2 is 1.73 bits per heavy atom. The van der Waals surface area contributed by atoms with Crippen molar-refractivity contribution >= 4 is 22.8 Å². The fraction of sp³-hybridized carbons (Fsp3) is 0.417. The van der Waals surface area contributed by atoms with Crippen molar-refractivity contribution in [2.45, 2.75) is 45.0 Å². The van der Waals surface area contributed by atoms with E-state index in [1.807, 2.05) is 0 Å². The summed E-state index contributed by atoms with van der Waals surface area (Å²) < 4.78 is 43.6. The fourth-order valence-electron chi connectivity index (χ4n) is 3.95. The van der Waals surface area contributed by atoms with Crippen LogP contribution in [0, 0.1) is 5.92 Å². The number of hydrogen-bond acceptors (Lipinski definition) is 8. The molecule has 1 aromatic carbocycles. The highest BCUT2D eigenvalue weighted by Crippen LogP contribution is 2.28. The summed E-state index contributed by atoms with van der Waals surface area (Å²) in [6.45, 7) is 4.21. The number of carbonyl (C=O) groups is 2. The zero-order chi connectivity index (χ0) is 26.7. The first-order valence-electron chi connectivity index (χ1n) is 11.6. The number of rotatable bonds is 6. The van der Waals surface area contributed by atoms with E-state index < -0.39 is 29.7 Å². The second-order valence-electron chi connectivity index (χ2n) is 8.96. The van der Waals surface area contributed by atoms with E-state index >= 15 is 0 Å². The Morgan fingerprint density at radius 1 is 1.08 bits per heavy atom. The summed E-state index contributed by atoms with van der Waals surface area (Å²) >= 11 is 0. The second kappa shape index (κ2) is 10.5. The predicted molar refractivity (Wildman–Crippen MR) is 125 cm³/mol. The first-order valence-corrected chi connectivity index (χ1v) is 11.6. The minimum atomic E-state index is -4.58. The highest BCUT2D eigenvalue weighted by Gasteiger charge is 2.34. The lowest BCUT2D eigenvalue weighted by Crippen LogP contribution is -2.53. The van der Waals surface area contributed by atoms with Gasteiger partial charge in [0, 0.05) is 25.9 Å². The number of nitrogens with one attached hydrogen (secondary N) is 1. The van der Waals surface area contributed by atoms with Crippen LogP contribution in [0.1, 0.15) is 42.9 Å². The van der Waals surface area contributed by atoms with Crippen LogP contribution < -0.4 is 10.1 Å². The molecule has 2 amide bonds. The molecule has 3 heterocycles. The lowest BCUT2D eigenvalue weighted by atomic mass is 10.00. The Labute approximate surface area is 209 Å². The third-order valence-corrected chi connectivity index (χ3v) is 5.95. The Kier molecular flexibility index (Phi) is 7.41. The van der Waals surface area contributed by atoms with Gasteiger partial charge >= 0.3 is 6.18 Å². The topological polar surface area (TPSA) is 130 Å². The van der Waals surface area contributed by atoms with Crippen molar-refractivity contribution in [1.29, 1.82) is 0 Å². The molecule has 1 saturated heterocycles. The molecule has 1 aliphatic rings. The first kappa shape index (κ1) is 26.0. The largest absolute Gasteiger partial charge is 0.492 e. The number of para-hydroxylation sites is 2. The molecule has 4 rings (SSSR count). The summed E-state index contributed by atoms with van der Waals surface area (Å²) in [6.07, 6.45) is -2.56. The molecule has 1 atom stereocenters. The fourth-order valence-corrected chi connectivity index (χ4v) is 3.95. The minimum absolute atomic E-state index is 0.0265. The molecule has 196 valence electrons. The molecule has 1 fully saturated rings. The van der Waals surface area contributed by atoms with Crippen LogP contribution >= 0.6 is 0 Å². The van der Waals surface area contributed by atoms with Gasteiger partial charge in [0.25, 0.3) is 5.91 Å². The minimum Gasteiger partial charge on any atom is -0.492 e. The van der Waals surface area contributed by atoms with Crippen LogP contribution in [0.25, 0.3) is 11.0 Å². The highest BCUT2D eigenvalue weighted by atomic mass is 19.4. The van der Waals surface area contributed by atoms with Crippen molar-refractivity contribution in [2.75, 3.05) is 13.1 Å². The van der Waals surface area contributed by atoms with E-state index in [9.17, 15) is 27.9 Å². The average molecular weight is 518 g/mol. The van der Waals surface area contributed by atoms with Crippen molar-refractivity contribution < 1.29 is 32.6 Å². The van der Waals surface area contributed by atoms with Gasteiger partial charge in [-0.15, -0.1) is 0 Å². The van der Waals surface area contributed by atoms with Gasteiger partial charge in [0.1, 0.15) is 12.1 Å². The van der Waals surface area contributed by atoms with Crippen LogP contribution in [0.4, 0.5) is 13.2 Å². The molecule has 0 bridgehead atoms. The molecule has 0 radical (unpaired) electrons. The zero-order valence-corrected chi connectivity index (χ0v) is 20.1. The van der Waals surface area contributed by atoms with Gasteiger partial charge in [-0.25, -0.2) is 19.9 Å². The second-order valence-corrected chi connectivity index (χ2v) is 8.96. The first-order chi connectivity index (χ1) is 17.5. The molecule has 0 unspecified atom stereocenters. The molecule has 37 heavy (non-hydrogen) atoms. The van der Waals surface area contributed by atoms with E-state index in [-0.39, 0.29) is 29.5 Å². The summed E-state index contributed by atoms with van der Waals surface area (Å²) in [5.74, 6) is -1.84. The number of ether oxygens (including phenoxy) is 1. The molecule has 10 nitrogen and oxygen atoms in total. The van der Waals surface area contributed by atoms with E-state index in [0.717, 1.165) is 6.20 Å². The Morgan fingerprint density at radius 3 is 2.30 bits per heavy atom. The molecule has 0 spiro atoms. The van der Waals surface area contributed by atoms with Crippen molar-refractivity contribution in [3.63, 3.8) is 0 Å². The Balaban J connectivity index is 1.37. The van der Waals surface area contributed by atoms with Crippen LogP contribution in [0.2, 0.25) is 0 Å². The number of fused-ring (bicyclic) bond motifs is 1. The van der Waals surface area contributed by atoms with Gasteiger partial charge < -0.3 is 20.1 Å². The Bertz CT molecular complexity index is 1280. The lowest BCUT2D eigenvalue weighted by Gasteiger charge is -2.35. The van der Waals surface area contributed by atoms with Crippen LogP contribution in [0.5, 0.6) is 11.8 Å². The monoisotopic (exact) mass is 518 g/mol. The number of aromatic hydroxyl groups is 1. The SMILES string of the molecule is CC(C)[C@H](NC(=O)c1nc2ccccc2nc1O)C(=O)N1CCC(Oc2cnc(C(F)(F)F)cn2)CC1. The summed E-state index contributed by atoms with van der Waals surface area (Å²) in [5, 5.41) is 12.9. The average Bonchev–Trinajstić information content (AvgIpc) is 2.86. The van der Waals surface area contributed by atoms with Crippen LogP contribution in [0.15, 0.2) is 36.7 Å². The number of likely N-dealkylation sites (tertiary alicyclic amines) is 1. The van der Waals surface area contributed by atoms with E-state index in [2.05, 4.69) is 25.3 Å². The Hall–Kier alpha value is -4.03. The van der Waals surface area contributed by atoms with Gasteiger partial charge in [-0.1, -0.05) is 26.0 Å². The maximum absolute atomic E-state index is 13.2. The molecular weight excluding hydrogens is 493 g/mol. The molecule has 1 aliphatic heterocycles. The maximum Gasteiger partial charge on any atom is 0.434 e. The lowest BCUT2D eigenvalue weighted by molar-refractivity contribution is -0.141. The van der Waals surface area contributed by atoms with E-state index in [1.165, 1.54) is 0 Å². The zero-order valence-electron chi connectivity index (χ0n) is 20.1. The van der Waals surface area contributed by atoms with Crippen LogP contribution in [-0.4, -0.2) is 67.0 Å². The summed E-state index contributed by atoms with van der Waals surface area (Å²) in [4.78, 5) is 42.9. The molecule has 2 N–H and O–H groups in total. The third kappa shape index (κ3) is 6.04. The van der Waals surface area contributed by atoms with Gasteiger partial charge in [0.05, 0.1) is 23.4 Å². The molecular formula is C24H25F3N6O4. The smallest absolute Gasteiger partial charge is 0.434 e. The number of aromatic nitrogens is 4. The van der Waals surface area contributed by atoms with E-state index in [0.29, 0.717) is 43.2 Å². The van der Waals surface area contributed by atoms with E-state index in [1.54, 1.807) is 43.0 Å². The maximum atomic E-state index is 13.2. The predicted octanol–water partition coefficient (Wildman–Crippen LogP) is 2.97. The number of halogens is 3. The van der Waals surface area contributed by atoms with Crippen LogP contribution in [0.3, 0.4) is 0 Å². The van der Waals surface area contributed by atoms with Gasteiger partial charge in [-0.3, -0.25) is 9.59 Å². The number of benzene rings is 1. The summed E-state index contributed by atoms with van der Waals surface area (Å²) in [5.41, 5.74) is -0.523. The van der Waals surface area contributed by atoms with Gasteiger partial charge in [0.2, 0.25) is 17.7 Å². The standard InChI is InChI=1S/C24H25F3N6O4/c1-13(2)19(32-22(35)20-21(34)31-16-6-4-3-5-15(16)30-20)23(36)33-9-7-14(8-10-33)37-18-12-28-17(11-29-18)24(25,26)27/h3-6,11-14,19H,7-10H2,1-2H3,(H,31,34)(H,32,35)/t19-/m0/s1. The highest BCUT2D eigenvalue weighted by molar-refractivity contribution is 5.99. The molecule has 2 aromatic heterocycles. The number of hydrogen-bond donors (Lipinski definition) is 2. The quantitative estimate of drug-likeness (QED) is 0.510. The summed E-state index contributed by atoms with van der Waals surface area (Å²) in [6, 6.07) is 5.90. The number of amides is 2. The van der Waals surface area contributed by atoms with Gasteiger partial charge in [0.15, 0.2) is 11.4 Å². The van der Waals surface area contributed by atoms with Crippen molar-refractivity contribution in [3.05, 3.63) is 48.0 Å². The van der Waals surface area contributed by atoms with Crippen molar-refractivity contribution in [1.82, 2.24) is 30.2 Å². The molecule has 0 saturated carbocycles. The third-order valence-electron chi connectivity index (χ3n) is 5.95. The van der Waals surface area contributed by atoms with Gasteiger partial charge in [-0.05, 0) is 18.1 Å². The van der Waals surface area contributed by atoms with Crippen molar-refractivity contribution in [3.8, 4) is 11.8 Å². The number of carbonyl (C=O) groups excluding carboxylic acids is 2.